The van der Waals surface area contributed by atoms with Gasteiger partial charge < -0.3 is 19.6 Å². The Labute approximate surface area is 130 Å². The predicted molar refractivity (Wildman–Crippen MR) is 79.3 cm³/mol. The highest BCUT2D eigenvalue weighted by Gasteiger charge is 2.10. The number of nitrogens with zero attached hydrogens (tertiary/aromatic N) is 1. The van der Waals surface area contributed by atoms with Crippen molar-refractivity contribution in [2.75, 3.05) is 7.11 Å². The fraction of sp³-hybridized carbons (Fsp3) is 0.188. The summed E-state index contributed by atoms with van der Waals surface area (Å²) < 4.78 is 37.1. The summed E-state index contributed by atoms with van der Waals surface area (Å²) in [4.78, 5) is 7.02. The molecule has 2 N–H and O–H groups in total. The van der Waals surface area contributed by atoms with Gasteiger partial charge in [-0.15, -0.1) is 0 Å². The second kappa shape index (κ2) is 6.21. The van der Waals surface area contributed by atoms with Crippen LogP contribution in [-0.2, 0) is 13.2 Å². The van der Waals surface area contributed by atoms with E-state index in [0.717, 1.165) is 12.1 Å². The van der Waals surface area contributed by atoms with Crippen LogP contribution in [0, 0.1) is 11.6 Å². The second-order valence-electron chi connectivity index (χ2n) is 4.89. The number of aromatic amines is 1. The summed E-state index contributed by atoms with van der Waals surface area (Å²) in [6.45, 7) is -0.0380. The van der Waals surface area contributed by atoms with Crippen LogP contribution in [0.4, 0.5) is 8.78 Å². The molecule has 0 fully saturated rings. The minimum absolute atomic E-state index is 0.0968. The maximum atomic E-state index is 13.2. The lowest BCUT2D eigenvalue weighted by molar-refractivity contribution is 0.271. The topological polar surface area (TPSA) is 67.4 Å². The number of aliphatic hydroxyl groups excluding tert-OH is 1. The van der Waals surface area contributed by atoms with Crippen molar-refractivity contribution in [2.45, 2.75) is 13.2 Å². The number of ether oxygens (including phenoxy) is 2. The van der Waals surface area contributed by atoms with Crippen LogP contribution in [0.2, 0.25) is 0 Å². The van der Waals surface area contributed by atoms with Crippen molar-refractivity contribution < 1.29 is 23.4 Å². The molecule has 0 saturated carbocycles. The number of halogens is 2. The lowest BCUT2D eigenvalue weighted by Crippen LogP contribution is -1.99. The molecule has 3 rings (SSSR count). The molecule has 1 aromatic heterocycles. The first kappa shape index (κ1) is 15.2. The van der Waals surface area contributed by atoms with Gasteiger partial charge in [-0.05, 0) is 12.1 Å². The Kier molecular flexibility index (Phi) is 4.12. The Balaban J connectivity index is 1.78. The summed E-state index contributed by atoms with van der Waals surface area (Å²) in [6, 6.07) is 7.12. The molecule has 0 unspecified atom stereocenters. The lowest BCUT2D eigenvalue weighted by Gasteiger charge is -2.09. The molecule has 0 amide bonds. The molecule has 0 spiro atoms. The zero-order valence-corrected chi connectivity index (χ0v) is 12.3. The average Bonchev–Trinajstić information content (AvgIpc) is 2.94. The Hall–Kier alpha value is -2.67. The van der Waals surface area contributed by atoms with E-state index in [-0.39, 0.29) is 13.2 Å². The molecule has 0 radical (unpaired) electrons. The maximum Gasteiger partial charge on any atom is 0.161 e. The quantitative estimate of drug-likeness (QED) is 0.758. The minimum Gasteiger partial charge on any atom is -0.496 e. The van der Waals surface area contributed by atoms with Gasteiger partial charge in [-0.1, -0.05) is 0 Å². The van der Waals surface area contributed by atoms with E-state index in [9.17, 15) is 13.9 Å². The van der Waals surface area contributed by atoms with Gasteiger partial charge in [-0.25, -0.2) is 13.8 Å². The van der Waals surface area contributed by atoms with Crippen molar-refractivity contribution >= 4 is 11.0 Å². The standard InChI is InChI=1S/C16H14F2N2O3/c1-22-15-4-10(3-2-9(15)7-21)23-8-16-19-13-5-11(17)12(18)6-14(13)20-16/h2-6,21H,7-8H2,1H3,(H,19,20). The number of hydrogen-bond acceptors (Lipinski definition) is 4. The number of H-pyrrole nitrogens is 1. The molecule has 0 aliphatic heterocycles. The largest absolute Gasteiger partial charge is 0.496 e. The normalized spacial score (nSPS) is 11.0. The van der Waals surface area contributed by atoms with Crippen LogP contribution in [0.3, 0.4) is 0 Å². The van der Waals surface area contributed by atoms with Crippen molar-refractivity contribution in [1.29, 1.82) is 0 Å². The summed E-state index contributed by atoms with van der Waals surface area (Å²) in [5.74, 6) is -0.399. The van der Waals surface area contributed by atoms with Gasteiger partial charge in [0, 0.05) is 23.8 Å². The Morgan fingerprint density at radius 2 is 1.96 bits per heavy atom. The third-order valence-electron chi connectivity index (χ3n) is 3.38. The van der Waals surface area contributed by atoms with Gasteiger partial charge >= 0.3 is 0 Å². The van der Waals surface area contributed by atoms with Crippen molar-refractivity contribution in [3.63, 3.8) is 0 Å². The first-order valence-corrected chi connectivity index (χ1v) is 6.85. The van der Waals surface area contributed by atoms with Gasteiger partial charge in [-0.2, -0.15) is 0 Å². The molecule has 0 bridgehead atoms. The molecule has 120 valence electrons. The smallest absolute Gasteiger partial charge is 0.161 e. The molecule has 0 saturated heterocycles. The number of fused-ring (bicyclic) bond motifs is 1. The molecule has 5 nitrogen and oxygen atoms in total. The number of nitrogens with one attached hydrogen (secondary N) is 1. The van der Waals surface area contributed by atoms with Crippen LogP contribution < -0.4 is 9.47 Å². The van der Waals surface area contributed by atoms with Gasteiger partial charge in [-0.3, -0.25) is 0 Å². The molecule has 1 heterocycles. The van der Waals surface area contributed by atoms with Crippen molar-refractivity contribution in [1.82, 2.24) is 9.97 Å². The summed E-state index contributed by atoms with van der Waals surface area (Å²) in [5.41, 5.74) is 1.38. The third kappa shape index (κ3) is 3.09. The van der Waals surface area contributed by atoms with Crippen LogP contribution in [0.5, 0.6) is 11.5 Å². The zero-order chi connectivity index (χ0) is 16.4. The SMILES string of the molecule is COc1cc(OCc2nc3cc(F)c(F)cc3[nH]2)ccc1CO. The molecule has 0 aliphatic rings. The fourth-order valence-corrected chi connectivity index (χ4v) is 2.22. The number of methoxy groups -OCH3 is 1. The van der Waals surface area contributed by atoms with Crippen LogP contribution >= 0.6 is 0 Å². The number of rotatable bonds is 5. The maximum absolute atomic E-state index is 13.2. The van der Waals surface area contributed by atoms with Crippen LogP contribution in [0.1, 0.15) is 11.4 Å². The average molecular weight is 320 g/mol. The van der Waals surface area contributed by atoms with E-state index in [2.05, 4.69) is 9.97 Å². The minimum atomic E-state index is -0.944. The van der Waals surface area contributed by atoms with Crippen molar-refractivity contribution in [2.24, 2.45) is 0 Å². The van der Waals surface area contributed by atoms with Gasteiger partial charge in [0.25, 0.3) is 0 Å². The van der Waals surface area contributed by atoms with Crippen LogP contribution in [0.15, 0.2) is 30.3 Å². The molecule has 7 heteroatoms. The summed E-state index contributed by atoms with van der Waals surface area (Å²) in [5, 5.41) is 9.18. The van der Waals surface area contributed by atoms with E-state index in [1.807, 2.05) is 0 Å². The first-order valence-electron chi connectivity index (χ1n) is 6.85. The number of benzene rings is 2. The Morgan fingerprint density at radius 1 is 1.17 bits per heavy atom. The Morgan fingerprint density at radius 3 is 2.70 bits per heavy atom. The molecule has 2 aromatic carbocycles. The van der Waals surface area contributed by atoms with Crippen LogP contribution in [0.25, 0.3) is 11.0 Å². The Bertz CT molecular complexity index is 810. The van der Waals surface area contributed by atoms with E-state index in [1.54, 1.807) is 18.2 Å². The van der Waals surface area contributed by atoms with Crippen LogP contribution in [-0.4, -0.2) is 22.2 Å². The molecule has 3 aromatic rings. The van der Waals surface area contributed by atoms with E-state index in [0.29, 0.717) is 33.9 Å². The monoisotopic (exact) mass is 320 g/mol. The molecular weight excluding hydrogens is 306 g/mol. The van der Waals surface area contributed by atoms with Crippen molar-refractivity contribution in [3.05, 3.63) is 53.4 Å². The molecular formula is C16H14F2N2O3. The number of imidazole rings is 1. The fourth-order valence-electron chi connectivity index (χ4n) is 2.22. The highest BCUT2D eigenvalue weighted by Crippen LogP contribution is 2.25. The summed E-state index contributed by atoms with van der Waals surface area (Å²) in [6.07, 6.45) is 0. The van der Waals surface area contributed by atoms with E-state index in [1.165, 1.54) is 7.11 Å². The van der Waals surface area contributed by atoms with Gasteiger partial charge in [0.05, 0.1) is 24.8 Å². The van der Waals surface area contributed by atoms with E-state index in [4.69, 9.17) is 9.47 Å². The second-order valence-corrected chi connectivity index (χ2v) is 4.89. The molecule has 23 heavy (non-hydrogen) atoms. The lowest BCUT2D eigenvalue weighted by atomic mass is 10.2. The van der Waals surface area contributed by atoms with E-state index < -0.39 is 11.6 Å². The number of aromatic nitrogens is 2. The first-order chi connectivity index (χ1) is 11.1. The molecule has 0 atom stereocenters. The number of aliphatic hydroxyl groups is 1. The van der Waals surface area contributed by atoms with E-state index >= 15 is 0 Å². The zero-order valence-electron chi connectivity index (χ0n) is 12.3. The van der Waals surface area contributed by atoms with Gasteiger partial charge in [0.2, 0.25) is 0 Å². The number of hydrogen-bond donors (Lipinski definition) is 2. The third-order valence-corrected chi connectivity index (χ3v) is 3.38. The van der Waals surface area contributed by atoms with Gasteiger partial charge in [0.15, 0.2) is 11.6 Å². The predicted octanol–water partition coefficient (Wildman–Crippen LogP) is 2.92. The summed E-state index contributed by atoms with van der Waals surface area (Å²) in [7, 11) is 1.50. The summed E-state index contributed by atoms with van der Waals surface area (Å²) >= 11 is 0. The van der Waals surface area contributed by atoms with Gasteiger partial charge in [0.1, 0.15) is 23.9 Å². The molecule has 0 aliphatic carbocycles. The highest BCUT2D eigenvalue weighted by molar-refractivity contribution is 5.75. The van der Waals surface area contributed by atoms with Crippen molar-refractivity contribution in [3.8, 4) is 11.5 Å². The highest BCUT2D eigenvalue weighted by atomic mass is 19.2.